The summed E-state index contributed by atoms with van der Waals surface area (Å²) in [6.07, 6.45) is 1.86. The molecule has 0 aromatic heterocycles. The molecule has 1 aliphatic heterocycles. The van der Waals surface area contributed by atoms with Crippen LogP contribution in [0, 0.1) is 0 Å². The van der Waals surface area contributed by atoms with Gasteiger partial charge in [-0.2, -0.15) is 0 Å². The first-order valence-electron chi connectivity index (χ1n) is 11.4. The number of carbonyl (C=O) groups excluding carboxylic acids is 1. The Labute approximate surface area is 226 Å². The predicted molar refractivity (Wildman–Crippen MR) is 151 cm³/mol. The Morgan fingerprint density at radius 3 is 2.49 bits per heavy atom. The van der Waals surface area contributed by atoms with Gasteiger partial charge in [-0.1, -0.05) is 58.4 Å². The van der Waals surface area contributed by atoms with Gasteiger partial charge in [-0.15, -0.1) is 0 Å². The van der Waals surface area contributed by atoms with Crippen LogP contribution in [0.5, 0.6) is 5.75 Å². The number of nitrogens with zero attached hydrogens (tertiary/aromatic N) is 2. The average Bonchev–Trinajstić information content (AvgIpc) is 3.17. The van der Waals surface area contributed by atoms with Crippen molar-refractivity contribution in [1.82, 2.24) is 4.90 Å². The smallest absolute Gasteiger partial charge is 0.335 e. The first-order valence-corrected chi connectivity index (χ1v) is 13.0. The summed E-state index contributed by atoms with van der Waals surface area (Å²) in [7, 11) is 1.68. The highest BCUT2D eigenvalue weighted by molar-refractivity contribution is 9.10. The molecule has 1 heterocycles. The summed E-state index contributed by atoms with van der Waals surface area (Å²) in [6.45, 7) is 0.391. The first kappa shape index (κ1) is 24.8. The Morgan fingerprint density at radius 2 is 1.76 bits per heavy atom. The summed E-state index contributed by atoms with van der Waals surface area (Å²) in [6, 6.07) is 26.1. The van der Waals surface area contributed by atoms with Crippen LogP contribution < -0.4 is 4.74 Å². The number of amidine groups is 1. The average molecular weight is 573 g/mol. The van der Waals surface area contributed by atoms with E-state index >= 15 is 0 Å². The quantitative estimate of drug-likeness (QED) is 0.249. The lowest BCUT2D eigenvalue weighted by atomic mass is 10.0. The second kappa shape index (κ2) is 10.6. The van der Waals surface area contributed by atoms with E-state index in [1.54, 1.807) is 19.2 Å². The highest BCUT2D eigenvalue weighted by Crippen LogP contribution is 2.37. The van der Waals surface area contributed by atoms with E-state index in [0.29, 0.717) is 28.1 Å². The fraction of sp³-hybridized carbons (Fsp3) is 0.0690. The molecule has 0 atom stereocenters. The Hall–Kier alpha value is -3.88. The van der Waals surface area contributed by atoms with Crippen LogP contribution in [0.15, 0.2) is 99.3 Å². The van der Waals surface area contributed by atoms with Gasteiger partial charge in [-0.05, 0) is 76.6 Å². The van der Waals surface area contributed by atoms with Gasteiger partial charge in [0.05, 0.1) is 16.2 Å². The number of amides is 1. The van der Waals surface area contributed by atoms with Crippen molar-refractivity contribution in [2.45, 2.75) is 6.61 Å². The lowest BCUT2D eigenvalue weighted by molar-refractivity contribution is -0.121. The monoisotopic (exact) mass is 572 g/mol. The van der Waals surface area contributed by atoms with Crippen molar-refractivity contribution < 1.29 is 19.4 Å². The van der Waals surface area contributed by atoms with E-state index in [1.165, 1.54) is 28.8 Å². The zero-order chi connectivity index (χ0) is 25.9. The summed E-state index contributed by atoms with van der Waals surface area (Å²) >= 11 is 4.72. The molecule has 0 saturated carbocycles. The van der Waals surface area contributed by atoms with Crippen molar-refractivity contribution in [2.24, 2.45) is 4.99 Å². The number of carboxylic acid groups (broad SMARTS) is 1. The number of hydrogen-bond acceptors (Lipinski definition) is 5. The molecule has 0 unspecified atom stereocenters. The van der Waals surface area contributed by atoms with Crippen LogP contribution in [0.1, 0.15) is 21.5 Å². The van der Waals surface area contributed by atoms with Gasteiger partial charge in [0.25, 0.3) is 5.91 Å². The van der Waals surface area contributed by atoms with Crippen molar-refractivity contribution in [3.05, 3.63) is 111 Å². The molecule has 37 heavy (non-hydrogen) atoms. The summed E-state index contributed by atoms with van der Waals surface area (Å²) < 4.78 is 7.23. The highest BCUT2D eigenvalue weighted by atomic mass is 79.9. The second-order valence-corrected chi connectivity index (χ2v) is 10.3. The van der Waals surface area contributed by atoms with E-state index in [2.05, 4.69) is 20.9 Å². The molecule has 184 valence electrons. The van der Waals surface area contributed by atoms with Crippen molar-refractivity contribution >= 4 is 67.3 Å². The number of likely N-dealkylation sites (N-methyl/N-ethyl adjacent to an activating group) is 1. The van der Waals surface area contributed by atoms with Crippen LogP contribution in [-0.2, 0) is 11.4 Å². The Bertz CT molecular complexity index is 1560. The van der Waals surface area contributed by atoms with E-state index in [1.807, 2.05) is 66.7 Å². The maximum absolute atomic E-state index is 13.1. The third-order valence-electron chi connectivity index (χ3n) is 5.86. The van der Waals surface area contributed by atoms with E-state index < -0.39 is 5.97 Å². The van der Waals surface area contributed by atoms with Gasteiger partial charge in [0, 0.05) is 17.1 Å². The normalized spacial score (nSPS) is 15.6. The molecule has 1 saturated heterocycles. The SMILES string of the molecule is CN1C(=O)/C(=C\c2c(OCc3ccc(Br)cc3)ccc3ccccc23)SC1=Nc1ccc(C(=O)O)cc1. The number of aliphatic imine (C=N–C) groups is 1. The van der Waals surface area contributed by atoms with Crippen molar-refractivity contribution in [3.63, 3.8) is 0 Å². The first-order chi connectivity index (χ1) is 17.9. The molecular weight excluding hydrogens is 552 g/mol. The number of ether oxygens (including phenoxy) is 1. The number of rotatable bonds is 6. The minimum Gasteiger partial charge on any atom is -0.488 e. The Kier molecular flexibility index (Phi) is 7.12. The molecule has 1 fully saturated rings. The zero-order valence-corrected chi connectivity index (χ0v) is 22.1. The zero-order valence-electron chi connectivity index (χ0n) is 19.7. The van der Waals surface area contributed by atoms with E-state index in [9.17, 15) is 9.59 Å². The maximum atomic E-state index is 13.1. The number of fused-ring (bicyclic) bond motifs is 1. The fourth-order valence-electron chi connectivity index (χ4n) is 3.86. The van der Waals surface area contributed by atoms with Crippen LogP contribution in [0.4, 0.5) is 5.69 Å². The second-order valence-electron chi connectivity index (χ2n) is 8.33. The number of thioether (sulfide) groups is 1. The molecule has 1 N–H and O–H groups in total. The third-order valence-corrected chi connectivity index (χ3v) is 7.45. The van der Waals surface area contributed by atoms with Gasteiger partial charge in [-0.25, -0.2) is 9.79 Å². The minimum atomic E-state index is -1.000. The largest absolute Gasteiger partial charge is 0.488 e. The van der Waals surface area contributed by atoms with Gasteiger partial charge in [0.1, 0.15) is 12.4 Å². The number of hydrogen-bond donors (Lipinski definition) is 1. The predicted octanol–water partition coefficient (Wildman–Crippen LogP) is 7.11. The molecule has 0 bridgehead atoms. The van der Waals surface area contributed by atoms with Gasteiger partial charge in [0.15, 0.2) is 5.17 Å². The third kappa shape index (κ3) is 5.45. The fourth-order valence-corrected chi connectivity index (χ4v) is 5.10. The van der Waals surface area contributed by atoms with Crippen LogP contribution >= 0.6 is 27.7 Å². The molecule has 4 aromatic carbocycles. The maximum Gasteiger partial charge on any atom is 0.335 e. The highest BCUT2D eigenvalue weighted by Gasteiger charge is 2.31. The standard InChI is InChI=1S/C29H21BrN2O4S/c1-32-27(33)26(37-29(32)31-22-13-8-20(9-14-22)28(34)35)16-24-23-5-3-2-4-19(23)10-15-25(24)36-17-18-6-11-21(30)12-7-18/h2-16H,17H2,1H3,(H,34,35)/b26-16+,31-29?. The van der Waals surface area contributed by atoms with E-state index in [4.69, 9.17) is 9.84 Å². The van der Waals surface area contributed by atoms with Gasteiger partial charge < -0.3 is 9.84 Å². The summed E-state index contributed by atoms with van der Waals surface area (Å²) in [5.74, 6) is -0.488. The minimum absolute atomic E-state index is 0.169. The van der Waals surface area contributed by atoms with Crippen LogP contribution in [0.2, 0.25) is 0 Å². The summed E-state index contributed by atoms with van der Waals surface area (Å²) in [5.41, 5.74) is 2.60. The molecule has 8 heteroatoms. The number of halogens is 1. The van der Waals surface area contributed by atoms with Crippen LogP contribution in [0.3, 0.4) is 0 Å². The van der Waals surface area contributed by atoms with Gasteiger partial charge >= 0.3 is 5.97 Å². The van der Waals surface area contributed by atoms with Crippen molar-refractivity contribution in [1.29, 1.82) is 0 Å². The summed E-state index contributed by atoms with van der Waals surface area (Å²) in [4.78, 5) is 30.8. The molecule has 4 aromatic rings. The van der Waals surface area contributed by atoms with Crippen molar-refractivity contribution in [3.8, 4) is 5.75 Å². The number of aromatic carboxylic acids is 1. The molecule has 1 amide bonds. The summed E-state index contributed by atoms with van der Waals surface area (Å²) in [5, 5.41) is 11.6. The molecule has 6 nitrogen and oxygen atoms in total. The van der Waals surface area contributed by atoms with Gasteiger partial charge in [0.2, 0.25) is 0 Å². The number of carbonyl (C=O) groups is 2. The Morgan fingerprint density at radius 1 is 1.03 bits per heavy atom. The molecular formula is C29H21BrN2O4S. The van der Waals surface area contributed by atoms with Crippen LogP contribution in [0.25, 0.3) is 16.8 Å². The Balaban J connectivity index is 1.48. The van der Waals surface area contributed by atoms with E-state index in [-0.39, 0.29) is 11.5 Å². The molecule has 0 radical (unpaired) electrons. The van der Waals surface area contributed by atoms with Gasteiger partial charge in [-0.3, -0.25) is 9.69 Å². The number of benzene rings is 4. The van der Waals surface area contributed by atoms with E-state index in [0.717, 1.165) is 26.4 Å². The molecule has 0 spiro atoms. The van der Waals surface area contributed by atoms with Crippen LogP contribution in [-0.4, -0.2) is 34.1 Å². The topological polar surface area (TPSA) is 79.2 Å². The number of carboxylic acids is 1. The lowest BCUT2D eigenvalue weighted by Gasteiger charge is -2.13. The molecule has 0 aliphatic carbocycles. The molecule has 5 rings (SSSR count). The molecule has 1 aliphatic rings. The lowest BCUT2D eigenvalue weighted by Crippen LogP contribution is -2.23. The van der Waals surface area contributed by atoms with Crippen molar-refractivity contribution in [2.75, 3.05) is 7.05 Å².